The lowest BCUT2D eigenvalue weighted by Crippen LogP contribution is -2.40. The van der Waals surface area contributed by atoms with Crippen LogP contribution in [-0.2, 0) is 19.1 Å². The van der Waals surface area contributed by atoms with E-state index in [1.807, 2.05) is 0 Å². The Balaban J connectivity index is 4.37. The zero-order chi connectivity index (χ0) is 38.9. The molecule has 2 atom stereocenters. The number of esters is 1. The molecule has 0 aromatic heterocycles. The van der Waals surface area contributed by atoms with Gasteiger partial charge in [-0.3, -0.25) is 9.59 Å². The number of allylic oxidation sites excluding steroid dienone is 6. The van der Waals surface area contributed by atoms with Gasteiger partial charge in [0.1, 0.15) is 12.1 Å². The van der Waals surface area contributed by atoms with Gasteiger partial charge in [-0.2, -0.15) is 0 Å². The molecule has 2 unspecified atom stereocenters. The Morgan fingerprint density at radius 2 is 1.04 bits per heavy atom. The number of hydrogen-bond acceptors (Lipinski definition) is 5. The van der Waals surface area contributed by atoms with Crippen LogP contribution in [0, 0.1) is 0 Å². The van der Waals surface area contributed by atoms with Crippen molar-refractivity contribution in [1.29, 1.82) is 0 Å². The lowest BCUT2D eigenvalue weighted by Gasteiger charge is -2.18. The van der Waals surface area contributed by atoms with Gasteiger partial charge >= 0.3 is 11.9 Å². The second-order valence-corrected chi connectivity index (χ2v) is 15.1. The first kappa shape index (κ1) is 50.6. The molecule has 0 rings (SSSR count). The summed E-state index contributed by atoms with van der Waals surface area (Å²) in [6.45, 7) is 4.84. The molecule has 4 N–H and O–H groups in total. The van der Waals surface area contributed by atoms with Gasteiger partial charge in [-0.1, -0.05) is 159 Å². The quantitative estimate of drug-likeness (QED) is 0.0326. The standard InChI is InChI=1S/C46H84N2O5/c1-3-5-7-9-11-13-15-17-19-20-22-24-27-31-36-42(37-32-28-26-29-33-39-44(49)48-43(46(51)52)38-35-41-47)53-45(50)40-34-30-25-23-21-18-16-14-12-10-8-6-4-2/h6,8,12,14,18,21,42-43H,3-5,7,9-11,13,15-17,19-20,22-41,47H2,1-2H3,(H,48,49)(H,51,52)/b8-6-,14-12-,21-18-. The molecule has 0 aromatic carbocycles. The van der Waals surface area contributed by atoms with E-state index < -0.39 is 12.0 Å². The van der Waals surface area contributed by atoms with Crippen molar-refractivity contribution in [3.8, 4) is 0 Å². The Morgan fingerprint density at radius 3 is 1.57 bits per heavy atom. The second kappa shape index (κ2) is 40.8. The maximum Gasteiger partial charge on any atom is 0.326 e. The number of unbranched alkanes of at least 4 members (excludes halogenated alkanes) is 20. The molecular weight excluding hydrogens is 661 g/mol. The molecule has 0 saturated heterocycles. The lowest BCUT2D eigenvalue weighted by atomic mass is 10.0. The predicted octanol–water partition coefficient (Wildman–Crippen LogP) is 12.6. The molecule has 0 heterocycles. The Labute approximate surface area is 326 Å². The molecule has 1 amide bonds. The van der Waals surface area contributed by atoms with Gasteiger partial charge < -0.3 is 20.9 Å². The van der Waals surface area contributed by atoms with E-state index in [0.717, 1.165) is 96.3 Å². The molecule has 0 aliphatic heterocycles. The van der Waals surface area contributed by atoms with Crippen molar-refractivity contribution in [2.75, 3.05) is 6.54 Å². The first-order chi connectivity index (χ1) is 25.9. The highest BCUT2D eigenvalue weighted by atomic mass is 16.5. The van der Waals surface area contributed by atoms with Crippen LogP contribution >= 0.6 is 0 Å². The fourth-order valence-corrected chi connectivity index (χ4v) is 6.64. The molecule has 0 aliphatic carbocycles. The van der Waals surface area contributed by atoms with Gasteiger partial charge in [0.05, 0.1) is 0 Å². The average molecular weight is 745 g/mol. The molecule has 0 aliphatic rings. The number of carboxylic acids is 1. The molecular formula is C46H84N2O5. The number of carbonyl (C=O) groups excluding carboxylic acids is 2. The third-order valence-corrected chi connectivity index (χ3v) is 9.97. The number of carbonyl (C=O) groups is 3. The highest BCUT2D eigenvalue weighted by Gasteiger charge is 2.19. The third-order valence-electron chi connectivity index (χ3n) is 9.97. The van der Waals surface area contributed by atoms with Gasteiger partial charge in [0, 0.05) is 12.8 Å². The number of carboxylic acid groups (broad SMARTS) is 1. The summed E-state index contributed by atoms with van der Waals surface area (Å²) in [7, 11) is 0. The van der Waals surface area contributed by atoms with E-state index in [4.69, 9.17) is 10.5 Å². The summed E-state index contributed by atoms with van der Waals surface area (Å²) in [4.78, 5) is 36.4. The van der Waals surface area contributed by atoms with Crippen molar-refractivity contribution in [1.82, 2.24) is 5.32 Å². The van der Waals surface area contributed by atoms with E-state index in [1.54, 1.807) is 0 Å². The summed E-state index contributed by atoms with van der Waals surface area (Å²) in [5.74, 6) is -1.25. The molecule has 0 fully saturated rings. The average Bonchev–Trinajstić information content (AvgIpc) is 3.14. The molecule has 0 spiro atoms. The van der Waals surface area contributed by atoms with Crippen LogP contribution in [0.4, 0.5) is 0 Å². The minimum Gasteiger partial charge on any atom is -0.480 e. The van der Waals surface area contributed by atoms with Crippen molar-refractivity contribution in [2.24, 2.45) is 5.73 Å². The van der Waals surface area contributed by atoms with Crippen LogP contribution in [0.5, 0.6) is 0 Å². The van der Waals surface area contributed by atoms with Gasteiger partial charge in [-0.25, -0.2) is 4.79 Å². The van der Waals surface area contributed by atoms with E-state index in [0.29, 0.717) is 32.2 Å². The molecule has 0 bridgehead atoms. The predicted molar refractivity (Wildman–Crippen MR) is 225 cm³/mol. The summed E-state index contributed by atoms with van der Waals surface area (Å²) < 4.78 is 6.04. The number of ether oxygens (including phenoxy) is 1. The fourth-order valence-electron chi connectivity index (χ4n) is 6.64. The van der Waals surface area contributed by atoms with Crippen LogP contribution in [0.1, 0.15) is 219 Å². The monoisotopic (exact) mass is 745 g/mol. The van der Waals surface area contributed by atoms with Crippen LogP contribution in [0.3, 0.4) is 0 Å². The van der Waals surface area contributed by atoms with Crippen LogP contribution in [0.2, 0.25) is 0 Å². The van der Waals surface area contributed by atoms with Crippen LogP contribution < -0.4 is 11.1 Å². The summed E-state index contributed by atoms with van der Waals surface area (Å²) in [5.41, 5.74) is 5.49. The minimum absolute atomic E-state index is 0.000489. The first-order valence-electron chi connectivity index (χ1n) is 22.3. The van der Waals surface area contributed by atoms with Crippen molar-refractivity contribution >= 4 is 17.8 Å². The number of nitrogens with one attached hydrogen (secondary N) is 1. The zero-order valence-corrected chi connectivity index (χ0v) is 34.6. The molecule has 308 valence electrons. The van der Waals surface area contributed by atoms with Crippen molar-refractivity contribution in [3.63, 3.8) is 0 Å². The SMILES string of the molecule is CC/C=C\C/C=C\C/C=C\CCCCCC(=O)OC(CCCCCCCCCCCCCCCC)CCCCCCCC(=O)NC(CCCN)C(=O)O. The summed E-state index contributed by atoms with van der Waals surface area (Å²) in [6, 6.07) is -0.858. The van der Waals surface area contributed by atoms with Crippen LogP contribution in [-0.4, -0.2) is 41.6 Å². The maximum atomic E-state index is 12.8. The molecule has 7 heteroatoms. The topological polar surface area (TPSA) is 119 Å². The first-order valence-corrected chi connectivity index (χ1v) is 22.3. The Bertz CT molecular complexity index is 931. The highest BCUT2D eigenvalue weighted by molar-refractivity contribution is 5.83. The van der Waals surface area contributed by atoms with E-state index in [-0.39, 0.29) is 18.0 Å². The molecule has 0 aromatic rings. The Hall–Kier alpha value is -2.41. The number of hydrogen-bond donors (Lipinski definition) is 3. The van der Waals surface area contributed by atoms with E-state index >= 15 is 0 Å². The van der Waals surface area contributed by atoms with E-state index in [2.05, 4.69) is 55.6 Å². The Kier molecular flexibility index (Phi) is 38.9. The highest BCUT2D eigenvalue weighted by Crippen LogP contribution is 2.19. The zero-order valence-electron chi connectivity index (χ0n) is 34.6. The third kappa shape index (κ3) is 37.7. The molecule has 0 saturated carbocycles. The summed E-state index contributed by atoms with van der Waals surface area (Å²) >= 11 is 0. The summed E-state index contributed by atoms with van der Waals surface area (Å²) in [6.07, 6.45) is 47.6. The second-order valence-electron chi connectivity index (χ2n) is 15.1. The minimum atomic E-state index is -1.01. The van der Waals surface area contributed by atoms with E-state index in [1.165, 1.54) is 83.5 Å². The fraction of sp³-hybridized carbons (Fsp3) is 0.804. The lowest BCUT2D eigenvalue weighted by molar-refractivity contribution is -0.150. The largest absolute Gasteiger partial charge is 0.480 e. The maximum absolute atomic E-state index is 12.8. The van der Waals surface area contributed by atoms with Crippen molar-refractivity contribution in [2.45, 2.75) is 231 Å². The van der Waals surface area contributed by atoms with E-state index in [9.17, 15) is 19.5 Å². The van der Waals surface area contributed by atoms with Crippen LogP contribution in [0.15, 0.2) is 36.5 Å². The molecule has 0 radical (unpaired) electrons. The molecule has 7 nitrogen and oxygen atoms in total. The number of nitrogens with two attached hydrogens (primary N) is 1. The van der Waals surface area contributed by atoms with Crippen LogP contribution in [0.25, 0.3) is 0 Å². The normalized spacial score (nSPS) is 13.0. The number of amides is 1. The van der Waals surface area contributed by atoms with Gasteiger partial charge in [0.2, 0.25) is 5.91 Å². The van der Waals surface area contributed by atoms with Gasteiger partial charge in [-0.15, -0.1) is 0 Å². The van der Waals surface area contributed by atoms with Crippen molar-refractivity contribution in [3.05, 3.63) is 36.5 Å². The number of aliphatic carboxylic acids is 1. The summed E-state index contributed by atoms with van der Waals surface area (Å²) in [5, 5.41) is 11.9. The smallest absolute Gasteiger partial charge is 0.326 e. The molecule has 53 heavy (non-hydrogen) atoms. The van der Waals surface area contributed by atoms with Gasteiger partial charge in [0.25, 0.3) is 0 Å². The number of rotatable bonds is 40. The Morgan fingerprint density at radius 1 is 0.566 bits per heavy atom. The van der Waals surface area contributed by atoms with Gasteiger partial charge in [-0.05, 0) is 90.0 Å². The van der Waals surface area contributed by atoms with Gasteiger partial charge in [0.15, 0.2) is 0 Å². The van der Waals surface area contributed by atoms with Crippen molar-refractivity contribution < 1.29 is 24.2 Å².